The Hall–Kier alpha value is 0.270. The van der Waals surface area contributed by atoms with Gasteiger partial charge in [-0.1, -0.05) is 13.8 Å². The molecular formula is C18H37IN4OS. The van der Waals surface area contributed by atoms with Gasteiger partial charge in [0.25, 0.3) is 0 Å². The minimum absolute atomic E-state index is 0. The Bertz CT molecular complexity index is 380. The summed E-state index contributed by atoms with van der Waals surface area (Å²) >= 11 is 2.10. The predicted octanol–water partition coefficient (Wildman–Crippen LogP) is 2.80. The molecule has 3 unspecified atom stereocenters. The molecular weight excluding hydrogens is 447 g/mol. The Labute approximate surface area is 175 Å². The van der Waals surface area contributed by atoms with Gasteiger partial charge >= 0.3 is 0 Å². The van der Waals surface area contributed by atoms with Crippen LogP contribution in [-0.2, 0) is 4.74 Å². The van der Waals surface area contributed by atoms with Crippen LogP contribution in [0.2, 0.25) is 0 Å². The number of thioether (sulfide) groups is 1. The largest absolute Gasteiger partial charge is 0.379 e. The fourth-order valence-corrected chi connectivity index (χ4v) is 4.64. The van der Waals surface area contributed by atoms with Gasteiger partial charge in [-0.3, -0.25) is 9.89 Å². The first-order chi connectivity index (χ1) is 11.7. The Morgan fingerprint density at radius 1 is 1.28 bits per heavy atom. The highest BCUT2D eigenvalue weighted by Crippen LogP contribution is 2.29. The lowest BCUT2D eigenvalue weighted by atomic mass is 10.1. The molecule has 5 nitrogen and oxygen atoms in total. The summed E-state index contributed by atoms with van der Waals surface area (Å²) < 4.78 is 5.42. The molecule has 0 aromatic heterocycles. The molecule has 2 aliphatic rings. The van der Waals surface area contributed by atoms with E-state index < -0.39 is 0 Å². The molecule has 2 fully saturated rings. The third-order valence-electron chi connectivity index (χ3n) is 4.71. The maximum absolute atomic E-state index is 5.42. The summed E-state index contributed by atoms with van der Waals surface area (Å²) in [6, 6.07) is 0.585. The second kappa shape index (κ2) is 13.4. The molecule has 2 rings (SSSR count). The topological polar surface area (TPSA) is 48.9 Å². The van der Waals surface area contributed by atoms with Crippen molar-refractivity contribution in [1.29, 1.82) is 0 Å². The first-order valence-corrected chi connectivity index (χ1v) is 10.7. The summed E-state index contributed by atoms with van der Waals surface area (Å²) in [5.74, 6) is 2.80. The molecule has 1 aliphatic heterocycles. The zero-order valence-corrected chi connectivity index (χ0v) is 19.3. The number of aliphatic imine (C=N–C) groups is 1. The molecule has 0 spiro atoms. The minimum Gasteiger partial charge on any atom is -0.379 e. The number of nitrogens with one attached hydrogen (secondary N) is 2. The van der Waals surface area contributed by atoms with E-state index in [1.807, 2.05) is 0 Å². The zero-order valence-electron chi connectivity index (χ0n) is 16.1. The lowest BCUT2D eigenvalue weighted by molar-refractivity contribution is 0.0323. The van der Waals surface area contributed by atoms with Crippen LogP contribution in [0.4, 0.5) is 0 Å². The molecule has 0 aromatic rings. The highest BCUT2D eigenvalue weighted by molar-refractivity contribution is 14.0. The lowest BCUT2D eigenvalue weighted by Crippen LogP contribution is -2.43. The van der Waals surface area contributed by atoms with Crippen LogP contribution in [0, 0.1) is 5.92 Å². The fraction of sp³-hybridized carbons (Fsp3) is 0.944. The third-order valence-corrected chi connectivity index (χ3v) is 5.94. The van der Waals surface area contributed by atoms with Crippen molar-refractivity contribution < 1.29 is 4.74 Å². The molecule has 0 aromatic carbocycles. The molecule has 1 saturated carbocycles. The average molecular weight is 484 g/mol. The van der Waals surface area contributed by atoms with E-state index in [4.69, 9.17) is 9.73 Å². The van der Waals surface area contributed by atoms with Crippen molar-refractivity contribution in [2.24, 2.45) is 10.9 Å². The van der Waals surface area contributed by atoms with Crippen molar-refractivity contribution in [2.75, 3.05) is 51.7 Å². The van der Waals surface area contributed by atoms with Gasteiger partial charge in [0.2, 0.25) is 0 Å². The van der Waals surface area contributed by atoms with Crippen LogP contribution < -0.4 is 10.6 Å². The Kier molecular flexibility index (Phi) is 12.5. The van der Waals surface area contributed by atoms with E-state index in [1.165, 1.54) is 25.0 Å². The van der Waals surface area contributed by atoms with E-state index in [1.54, 1.807) is 0 Å². The molecule has 0 amide bonds. The summed E-state index contributed by atoms with van der Waals surface area (Å²) in [5, 5.41) is 7.90. The van der Waals surface area contributed by atoms with Crippen LogP contribution >= 0.6 is 35.7 Å². The van der Waals surface area contributed by atoms with E-state index >= 15 is 0 Å². The van der Waals surface area contributed by atoms with Gasteiger partial charge in [0.15, 0.2) is 5.96 Å². The number of hydrogen-bond donors (Lipinski definition) is 2. The van der Waals surface area contributed by atoms with E-state index in [2.05, 4.69) is 48.1 Å². The normalized spacial score (nSPS) is 26.1. The molecule has 0 radical (unpaired) electrons. The van der Waals surface area contributed by atoms with Crippen molar-refractivity contribution in [1.82, 2.24) is 15.5 Å². The Morgan fingerprint density at radius 2 is 2.04 bits per heavy atom. The van der Waals surface area contributed by atoms with Gasteiger partial charge in [0.05, 0.1) is 13.2 Å². The van der Waals surface area contributed by atoms with Crippen LogP contribution in [0.3, 0.4) is 0 Å². The maximum Gasteiger partial charge on any atom is 0.191 e. The highest BCUT2D eigenvalue weighted by atomic mass is 127. The summed E-state index contributed by atoms with van der Waals surface area (Å²) in [4.78, 5) is 7.34. The Morgan fingerprint density at radius 3 is 2.72 bits per heavy atom. The van der Waals surface area contributed by atoms with Crippen LogP contribution in [-0.4, -0.2) is 73.8 Å². The molecule has 2 N–H and O–H groups in total. The van der Waals surface area contributed by atoms with Gasteiger partial charge in [0, 0.05) is 44.0 Å². The molecule has 1 heterocycles. The van der Waals surface area contributed by atoms with Crippen LogP contribution in [0.25, 0.3) is 0 Å². The van der Waals surface area contributed by atoms with Gasteiger partial charge in [0.1, 0.15) is 0 Å². The molecule has 7 heteroatoms. The number of ether oxygens (including phenoxy) is 1. The SMILES string of the molecule is CCNC(=NCC(C)CN1CCOCC1)NC1CCC(SCC)C1.I. The quantitative estimate of drug-likeness (QED) is 0.315. The number of morpholine rings is 1. The standard InChI is InChI=1S/C18H36N4OS.HI/c1-4-19-18(21-16-6-7-17(12-16)24-5-2)20-13-15(3)14-22-8-10-23-11-9-22;/h15-17H,4-14H2,1-3H3,(H2,19,20,21);1H. The number of nitrogens with zero attached hydrogens (tertiary/aromatic N) is 2. The predicted molar refractivity (Wildman–Crippen MR) is 121 cm³/mol. The van der Waals surface area contributed by atoms with Crippen molar-refractivity contribution in [3.05, 3.63) is 0 Å². The van der Waals surface area contributed by atoms with Crippen LogP contribution in [0.5, 0.6) is 0 Å². The lowest BCUT2D eigenvalue weighted by Gasteiger charge is -2.28. The van der Waals surface area contributed by atoms with Crippen LogP contribution in [0.1, 0.15) is 40.0 Å². The molecule has 0 bridgehead atoms. The van der Waals surface area contributed by atoms with E-state index in [0.717, 1.165) is 57.1 Å². The van der Waals surface area contributed by atoms with E-state index in [9.17, 15) is 0 Å². The smallest absolute Gasteiger partial charge is 0.191 e. The van der Waals surface area contributed by atoms with Crippen LogP contribution in [0.15, 0.2) is 4.99 Å². The maximum atomic E-state index is 5.42. The van der Waals surface area contributed by atoms with Crippen molar-refractivity contribution in [3.8, 4) is 0 Å². The van der Waals surface area contributed by atoms with Crippen molar-refractivity contribution >= 4 is 41.7 Å². The number of guanidine groups is 1. The van der Waals surface area contributed by atoms with Gasteiger partial charge < -0.3 is 15.4 Å². The first-order valence-electron chi connectivity index (χ1n) is 9.67. The average Bonchev–Trinajstić information content (AvgIpc) is 3.01. The van der Waals surface area contributed by atoms with E-state index in [0.29, 0.717) is 12.0 Å². The number of halogens is 1. The number of rotatable bonds is 8. The summed E-state index contributed by atoms with van der Waals surface area (Å²) in [7, 11) is 0. The minimum atomic E-state index is 0. The van der Waals surface area contributed by atoms with Gasteiger partial charge in [-0.05, 0) is 37.9 Å². The summed E-state index contributed by atoms with van der Waals surface area (Å²) in [5.41, 5.74) is 0. The van der Waals surface area contributed by atoms with Gasteiger partial charge in [-0.2, -0.15) is 11.8 Å². The molecule has 1 aliphatic carbocycles. The molecule has 3 atom stereocenters. The van der Waals surface area contributed by atoms with Crippen molar-refractivity contribution in [3.63, 3.8) is 0 Å². The van der Waals surface area contributed by atoms with E-state index in [-0.39, 0.29) is 24.0 Å². The third kappa shape index (κ3) is 9.15. The highest BCUT2D eigenvalue weighted by Gasteiger charge is 2.25. The van der Waals surface area contributed by atoms with Crippen molar-refractivity contribution in [2.45, 2.75) is 51.3 Å². The van der Waals surface area contributed by atoms with Gasteiger partial charge in [-0.25, -0.2) is 0 Å². The molecule has 148 valence electrons. The fourth-order valence-electron chi connectivity index (χ4n) is 3.50. The number of hydrogen-bond acceptors (Lipinski definition) is 4. The second-order valence-corrected chi connectivity index (χ2v) is 8.55. The monoisotopic (exact) mass is 484 g/mol. The second-order valence-electron chi connectivity index (χ2n) is 6.97. The van der Waals surface area contributed by atoms with Gasteiger partial charge in [-0.15, -0.1) is 24.0 Å². The summed E-state index contributed by atoms with van der Waals surface area (Å²) in [6.45, 7) is 13.5. The summed E-state index contributed by atoms with van der Waals surface area (Å²) in [6.07, 6.45) is 3.88. The molecule has 1 saturated heterocycles. The first kappa shape index (κ1) is 23.3. The zero-order chi connectivity index (χ0) is 17.2. The molecule has 25 heavy (non-hydrogen) atoms. The Balaban J connectivity index is 0.00000312.